The summed E-state index contributed by atoms with van der Waals surface area (Å²) in [7, 11) is 1.87. The Morgan fingerprint density at radius 1 is 1.29 bits per heavy atom. The number of halogens is 1. The van der Waals surface area contributed by atoms with Crippen LogP contribution in [0.4, 0.5) is 11.6 Å². The van der Waals surface area contributed by atoms with Gasteiger partial charge in [0.25, 0.3) is 0 Å². The number of nitrogens with one attached hydrogen (secondary N) is 1. The molecule has 1 aromatic rings. The molecule has 2 heterocycles. The highest BCUT2D eigenvalue weighted by atomic mass is 79.9. The summed E-state index contributed by atoms with van der Waals surface area (Å²) in [5.41, 5.74) is 0. The Labute approximate surface area is 111 Å². The van der Waals surface area contributed by atoms with Crippen molar-refractivity contribution >= 4 is 27.6 Å². The molecule has 1 aromatic heterocycles. The quantitative estimate of drug-likeness (QED) is 0.911. The monoisotopic (exact) mass is 298 g/mol. The molecule has 2 atom stereocenters. The lowest BCUT2D eigenvalue weighted by Gasteiger charge is -2.36. The minimum absolute atomic E-state index is 0.721. The summed E-state index contributed by atoms with van der Waals surface area (Å²) in [5, 5.41) is 3.07. The van der Waals surface area contributed by atoms with Crippen LogP contribution >= 0.6 is 15.9 Å². The van der Waals surface area contributed by atoms with E-state index in [9.17, 15) is 0 Å². The van der Waals surface area contributed by atoms with Gasteiger partial charge < -0.3 is 10.2 Å². The molecular formula is C12H19BrN4. The SMILES string of the molecule is CNc1ncnc(N2CC(C)CC(C)C2)c1Br. The maximum absolute atomic E-state index is 4.41. The van der Waals surface area contributed by atoms with E-state index in [1.54, 1.807) is 6.33 Å². The molecule has 0 radical (unpaired) electrons. The molecule has 1 saturated heterocycles. The maximum atomic E-state index is 4.41. The molecule has 17 heavy (non-hydrogen) atoms. The fourth-order valence-corrected chi connectivity index (χ4v) is 3.24. The van der Waals surface area contributed by atoms with Crippen LogP contribution in [0.15, 0.2) is 10.8 Å². The third kappa shape index (κ3) is 2.70. The number of hydrogen-bond acceptors (Lipinski definition) is 4. The summed E-state index contributed by atoms with van der Waals surface area (Å²) in [6.07, 6.45) is 2.92. The minimum Gasteiger partial charge on any atom is -0.372 e. The summed E-state index contributed by atoms with van der Waals surface area (Å²) >= 11 is 3.59. The van der Waals surface area contributed by atoms with E-state index in [2.05, 4.69) is 50.0 Å². The van der Waals surface area contributed by atoms with Crippen LogP contribution in [-0.4, -0.2) is 30.1 Å². The number of piperidine rings is 1. The molecule has 4 nitrogen and oxygen atoms in total. The summed E-state index contributed by atoms with van der Waals surface area (Å²) < 4.78 is 0.962. The van der Waals surface area contributed by atoms with Crippen LogP contribution in [0.2, 0.25) is 0 Å². The molecule has 1 aliphatic heterocycles. The number of rotatable bonds is 2. The van der Waals surface area contributed by atoms with E-state index in [0.717, 1.165) is 41.0 Å². The van der Waals surface area contributed by atoms with Gasteiger partial charge >= 0.3 is 0 Å². The normalized spacial score (nSPS) is 24.8. The molecule has 1 fully saturated rings. The highest BCUT2D eigenvalue weighted by Gasteiger charge is 2.24. The fourth-order valence-electron chi connectivity index (χ4n) is 2.59. The van der Waals surface area contributed by atoms with Crippen LogP contribution in [0.5, 0.6) is 0 Å². The lowest BCUT2D eigenvalue weighted by molar-refractivity contribution is 0.355. The van der Waals surface area contributed by atoms with Crippen molar-refractivity contribution in [2.24, 2.45) is 11.8 Å². The number of anilines is 2. The van der Waals surface area contributed by atoms with Gasteiger partial charge in [0.1, 0.15) is 22.4 Å². The number of nitrogens with zero attached hydrogens (tertiary/aromatic N) is 3. The molecule has 0 spiro atoms. The molecule has 0 aliphatic carbocycles. The van der Waals surface area contributed by atoms with Crippen LogP contribution in [0.25, 0.3) is 0 Å². The van der Waals surface area contributed by atoms with Gasteiger partial charge in [0.15, 0.2) is 0 Å². The van der Waals surface area contributed by atoms with Gasteiger partial charge in [-0.15, -0.1) is 0 Å². The zero-order valence-corrected chi connectivity index (χ0v) is 12.2. The van der Waals surface area contributed by atoms with Gasteiger partial charge in [-0.05, 0) is 34.2 Å². The topological polar surface area (TPSA) is 41.1 Å². The van der Waals surface area contributed by atoms with Crippen LogP contribution in [0, 0.1) is 11.8 Å². The molecule has 1 N–H and O–H groups in total. The van der Waals surface area contributed by atoms with Gasteiger partial charge in [-0.3, -0.25) is 0 Å². The van der Waals surface area contributed by atoms with Crippen molar-refractivity contribution in [2.75, 3.05) is 30.4 Å². The Morgan fingerprint density at radius 3 is 2.53 bits per heavy atom. The van der Waals surface area contributed by atoms with Crippen LogP contribution in [0.3, 0.4) is 0 Å². The van der Waals surface area contributed by atoms with Crippen molar-refractivity contribution in [1.82, 2.24) is 9.97 Å². The molecule has 0 aromatic carbocycles. The van der Waals surface area contributed by atoms with Gasteiger partial charge in [-0.25, -0.2) is 9.97 Å². The van der Waals surface area contributed by atoms with E-state index in [1.807, 2.05) is 7.05 Å². The van der Waals surface area contributed by atoms with E-state index in [0.29, 0.717) is 0 Å². The van der Waals surface area contributed by atoms with Crippen molar-refractivity contribution in [3.63, 3.8) is 0 Å². The summed E-state index contributed by atoms with van der Waals surface area (Å²) in [5.74, 6) is 3.29. The molecular weight excluding hydrogens is 280 g/mol. The van der Waals surface area contributed by atoms with Gasteiger partial charge in [-0.1, -0.05) is 13.8 Å². The Kier molecular flexibility index (Phi) is 3.86. The Bertz CT molecular complexity index is 386. The largest absolute Gasteiger partial charge is 0.372 e. The highest BCUT2D eigenvalue weighted by molar-refractivity contribution is 9.10. The van der Waals surface area contributed by atoms with E-state index < -0.39 is 0 Å². The van der Waals surface area contributed by atoms with Gasteiger partial charge in [0.2, 0.25) is 0 Å². The first-order chi connectivity index (χ1) is 8.11. The average molecular weight is 299 g/mol. The molecule has 2 rings (SSSR count). The lowest BCUT2D eigenvalue weighted by atomic mass is 9.92. The maximum Gasteiger partial charge on any atom is 0.148 e. The molecule has 0 amide bonds. The zero-order chi connectivity index (χ0) is 12.4. The average Bonchev–Trinajstić information content (AvgIpc) is 2.28. The molecule has 1 aliphatic rings. The van der Waals surface area contributed by atoms with Gasteiger partial charge in [0.05, 0.1) is 0 Å². The fraction of sp³-hybridized carbons (Fsp3) is 0.667. The van der Waals surface area contributed by atoms with E-state index in [-0.39, 0.29) is 0 Å². The molecule has 2 unspecified atom stereocenters. The van der Waals surface area contributed by atoms with Crippen molar-refractivity contribution in [2.45, 2.75) is 20.3 Å². The standard InChI is InChI=1S/C12H19BrN4/c1-8-4-9(2)6-17(5-8)12-10(13)11(14-3)15-7-16-12/h7-9H,4-6H2,1-3H3,(H,14,15,16). The summed E-state index contributed by atoms with van der Waals surface area (Å²) in [6.45, 7) is 6.75. The van der Waals surface area contributed by atoms with Crippen LogP contribution in [-0.2, 0) is 0 Å². The van der Waals surface area contributed by atoms with Crippen molar-refractivity contribution in [3.8, 4) is 0 Å². The smallest absolute Gasteiger partial charge is 0.148 e. The first-order valence-electron chi connectivity index (χ1n) is 6.05. The first kappa shape index (κ1) is 12.6. The second-order valence-corrected chi connectivity index (χ2v) is 5.75. The summed E-state index contributed by atoms with van der Waals surface area (Å²) in [6, 6.07) is 0. The molecule has 0 bridgehead atoms. The van der Waals surface area contributed by atoms with Gasteiger partial charge in [0, 0.05) is 20.1 Å². The molecule has 0 saturated carbocycles. The molecule has 5 heteroatoms. The number of aromatic nitrogens is 2. The van der Waals surface area contributed by atoms with Crippen molar-refractivity contribution in [3.05, 3.63) is 10.8 Å². The zero-order valence-electron chi connectivity index (χ0n) is 10.6. The van der Waals surface area contributed by atoms with Crippen molar-refractivity contribution < 1.29 is 0 Å². The predicted octanol–water partition coefficient (Wildman–Crippen LogP) is 2.76. The number of hydrogen-bond donors (Lipinski definition) is 1. The van der Waals surface area contributed by atoms with Gasteiger partial charge in [-0.2, -0.15) is 0 Å². The second-order valence-electron chi connectivity index (χ2n) is 4.96. The van der Waals surface area contributed by atoms with Crippen LogP contribution < -0.4 is 10.2 Å². The van der Waals surface area contributed by atoms with E-state index in [4.69, 9.17) is 0 Å². The summed E-state index contributed by atoms with van der Waals surface area (Å²) in [4.78, 5) is 11.0. The lowest BCUT2D eigenvalue weighted by Crippen LogP contribution is -2.39. The Balaban J connectivity index is 2.27. The minimum atomic E-state index is 0.721. The van der Waals surface area contributed by atoms with Crippen molar-refractivity contribution in [1.29, 1.82) is 0 Å². The van der Waals surface area contributed by atoms with E-state index >= 15 is 0 Å². The predicted molar refractivity (Wildman–Crippen MR) is 74.4 cm³/mol. The third-order valence-electron chi connectivity index (χ3n) is 3.18. The van der Waals surface area contributed by atoms with Crippen LogP contribution in [0.1, 0.15) is 20.3 Å². The third-order valence-corrected chi connectivity index (χ3v) is 3.91. The Hall–Kier alpha value is -0.840. The highest BCUT2D eigenvalue weighted by Crippen LogP contribution is 2.32. The van der Waals surface area contributed by atoms with E-state index in [1.165, 1.54) is 6.42 Å². The second kappa shape index (κ2) is 5.21. The first-order valence-corrected chi connectivity index (χ1v) is 6.84. The Morgan fingerprint density at radius 2 is 1.94 bits per heavy atom. The molecule has 94 valence electrons.